The standard InChI is InChI=1S/C29H55N6O6P/c1-2-3-4-5-6-7-8-9-10-11-12-13-14-15-16-17-18-39-19-20-41-42(37,38)24-40-25(22-36)21-35-23-32-26-27(30)33-29(31)34-28(26)35/h23,25,36H,2-22,24H2,1H3,(H,37,38)(H4,30,31,33,34)/p-1/t25-/m0/s1. The van der Waals surface area contributed by atoms with Crippen molar-refractivity contribution in [3.05, 3.63) is 6.33 Å². The van der Waals surface area contributed by atoms with Gasteiger partial charge in [-0.25, -0.2) is 4.98 Å². The molecule has 0 fully saturated rings. The number of nitrogen functional groups attached to an aromatic ring is 2. The van der Waals surface area contributed by atoms with Crippen LogP contribution in [0.3, 0.4) is 0 Å². The van der Waals surface area contributed by atoms with E-state index in [-0.39, 0.29) is 31.5 Å². The molecule has 2 aromatic heterocycles. The normalized spacial score (nSPS) is 14.0. The molecule has 0 aliphatic carbocycles. The van der Waals surface area contributed by atoms with Gasteiger partial charge in [0.05, 0.1) is 38.8 Å². The van der Waals surface area contributed by atoms with Crippen LogP contribution in [0.15, 0.2) is 6.33 Å². The third-order valence-corrected chi connectivity index (χ3v) is 8.28. The molecule has 42 heavy (non-hydrogen) atoms. The fraction of sp³-hybridized carbons (Fsp3) is 0.828. The van der Waals surface area contributed by atoms with Gasteiger partial charge in [0.1, 0.15) is 11.9 Å². The number of hydrogen-bond acceptors (Lipinski definition) is 11. The van der Waals surface area contributed by atoms with Crippen LogP contribution in [-0.2, 0) is 25.1 Å². The number of rotatable bonds is 27. The molecule has 1 unspecified atom stereocenters. The lowest BCUT2D eigenvalue weighted by molar-refractivity contribution is -0.206. The minimum Gasteiger partial charge on any atom is -0.777 e. The third kappa shape index (κ3) is 15.6. The van der Waals surface area contributed by atoms with Crippen LogP contribution >= 0.6 is 7.60 Å². The van der Waals surface area contributed by atoms with Crippen LogP contribution in [0.2, 0.25) is 0 Å². The Morgan fingerprint density at radius 2 is 1.45 bits per heavy atom. The Bertz CT molecular complexity index is 1030. The molecule has 0 bridgehead atoms. The third-order valence-electron chi connectivity index (χ3n) is 7.24. The molecule has 0 radical (unpaired) electrons. The van der Waals surface area contributed by atoms with Crippen molar-refractivity contribution in [2.45, 2.75) is 122 Å². The van der Waals surface area contributed by atoms with Crippen LogP contribution in [0.4, 0.5) is 11.8 Å². The van der Waals surface area contributed by atoms with Crippen molar-refractivity contribution in [2.24, 2.45) is 0 Å². The summed E-state index contributed by atoms with van der Waals surface area (Å²) in [5.41, 5.74) is 12.2. The average Bonchev–Trinajstić information content (AvgIpc) is 3.36. The van der Waals surface area contributed by atoms with Crippen molar-refractivity contribution in [1.82, 2.24) is 19.5 Å². The largest absolute Gasteiger partial charge is 0.777 e. The zero-order chi connectivity index (χ0) is 30.5. The van der Waals surface area contributed by atoms with E-state index >= 15 is 0 Å². The number of nitrogens with zero attached hydrogens (tertiary/aromatic N) is 4. The van der Waals surface area contributed by atoms with Gasteiger partial charge < -0.3 is 44.6 Å². The summed E-state index contributed by atoms with van der Waals surface area (Å²) in [6.45, 7) is 2.64. The van der Waals surface area contributed by atoms with Crippen LogP contribution in [0.25, 0.3) is 11.2 Å². The number of hydrogen-bond donors (Lipinski definition) is 3. The Hall–Kier alpha value is -1.82. The predicted octanol–water partition coefficient (Wildman–Crippen LogP) is 5.17. The quantitative estimate of drug-likeness (QED) is 0.0891. The Labute approximate surface area is 251 Å². The zero-order valence-electron chi connectivity index (χ0n) is 25.6. The number of aliphatic hydroxyl groups is 1. The van der Waals surface area contributed by atoms with Crippen LogP contribution in [0.1, 0.15) is 110 Å². The molecule has 0 saturated heterocycles. The van der Waals surface area contributed by atoms with E-state index in [1.165, 1.54) is 96.2 Å². The number of nitrogens with two attached hydrogens (primary N) is 2. The highest BCUT2D eigenvalue weighted by atomic mass is 31.2. The Balaban J connectivity index is 1.42. The van der Waals surface area contributed by atoms with Gasteiger partial charge in [-0.15, -0.1) is 0 Å². The number of imidazole rings is 1. The number of aliphatic hydroxyl groups excluding tert-OH is 1. The molecule has 0 aliphatic heterocycles. The molecule has 5 N–H and O–H groups in total. The Morgan fingerprint density at radius 1 is 0.881 bits per heavy atom. The van der Waals surface area contributed by atoms with E-state index in [0.29, 0.717) is 17.8 Å². The maximum absolute atomic E-state index is 12.2. The lowest BCUT2D eigenvalue weighted by Crippen LogP contribution is -2.26. The first-order valence-electron chi connectivity index (χ1n) is 15.8. The first-order valence-corrected chi connectivity index (χ1v) is 17.6. The summed E-state index contributed by atoms with van der Waals surface area (Å²) in [7, 11) is -4.26. The minimum atomic E-state index is -4.26. The zero-order valence-corrected chi connectivity index (χ0v) is 26.5. The van der Waals surface area contributed by atoms with Crippen LogP contribution in [-0.4, -0.2) is 63.5 Å². The van der Waals surface area contributed by atoms with E-state index in [1.807, 2.05) is 0 Å². The lowest BCUT2D eigenvalue weighted by Gasteiger charge is -2.25. The second-order valence-electron chi connectivity index (χ2n) is 11.0. The molecule has 2 heterocycles. The van der Waals surface area contributed by atoms with Crippen molar-refractivity contribution in [3.63, 3.8) is 0 Å². The van der Waals surface area contributed by atoms with Crippen LogP contribution in [0.5, 0.6) is 0 Å². The van der Waals surface area contributed by atoms with E-state index < -0.39 is 26.7 Å². The van der Waals surface area contributed by atoms with Crippen molar-refractivity contribution >= 4 is 30.5 Å². The maximum atomic E-state index is 12.2. The topological polar surface area (TPSA) is 184 Å². The van der Waals surface area contributed by atoms with Gasteiger partial charge in [-0.05, 0) is 6.42 Å². The van der Waals surface area contributed by atoms with Crippen molar-refractivity contribution in [3.8, 4) is 0 Å². The van der Waals surface area contributed by atoms with E-state index in [1.54, 1.807) is 4.57 Å². The molecule has 0 aromatic carbocycles. The summed E-state index contributed by atoms with van der Waals surface area (Å²) in [4.78, 5) is 24.3. The van der Waals surface area contributed by atoms with E-state index in [9.17, 15) is 14.6 Å². The summed E-state index contributed by atoms with van der Waals surface area (Å²) < 4.78 is 29.7. The lowest BCUT2D eigenvalue weighted by atomic mass is 10.0. The molecule has 12 nitrogen and oxygen atoms in total. The summed E-state index contributed by atoms with van der Waals surface area (Å²) >= 11 is 0. The average molecular weight is 614 g/mol. The summed E-state index contributed by atoms with van der Waals surface area (Å²) in [5, 5.41) is 9.66. The fourth-order valence-corrected chi connectivity index (χ4v) is 5.64. The van der Waals surface area contributed by atoms with Gasteiger partial charge in [0.2, 0.25) is 5.95 Å². The van der Waals surface area contributed by atoms with Gasteiger partial charge in [-0.3, -0.25) is 0 Å². The molecular formula is C29H54N6O6P-. The van der Waals surface area contributed by atoms with E-state index in [0.717, 1.165) is 12.8 Å². The predicted molar refractivity (Wildman–Crippen MR) is 165 cm³/mol. The highest BCUT2D eigenvalue weighted by Gasteiger charge is 2.18. The molecule has 242 valence electrons. The second-order valence-corrected chi connectivity index (χ2v) is 12.7. The SMILES string of the molecule is CCCCCCCCCCCCCCCCCCOCCOP(=O)([O-])CO[C@H](CO)Cn1cnc2c(N)nc(N)nc21. The molecule has 13 heteroatoms. The molecule has 2 atom stereocenters. The highest BCUT2D eigenvalue weighted by molar-refractivity contribution is 7.51. The van der Waals surface area contributed by atoms with Crippen molar-refractivity contribution in [2.75, 3.05) is 44.2 Å². The number of fused-ring (bicyclic) bond motifs is 1. The number of unbranched alkanes of at least 4 members (excludes halogenated alkanes) is 15. The Kier molecular flexibility index (Phi) is 18.9. The first kappa shape index (κ1) is 36.4. The smallest absolute Gasteiger partial charge is 0.224 e. The van der Waals surface area contributed by atoms with Gasteiger partial charge in [-0.2, -0.15) is 9.97 Å². The number of anilines is 2. The molecule has 0 amide bonds. The number of ether oxygens (including phenoxy) is 2. The van der Waals surface area contributed by atoms with Crippen LogP contribution in [0, 0.1) is 0 Å². The highest BCUT2D eigenvalue weighted by Crippen LogP contribution is 2.37. The minimum absolute atomic E-state index is 0.0160. The summed E-state index contributed by atoms with van der Waals surface area (Å²) in [6.07, 6.45) is 21.0. The van der Waals surface area contributed by atoms with Gasteiger partial charge in [0, 0.05) is 6.61 Å². The number of aromatic nitrogens is 4. The van der Waals surface area contributed by atoms with Crippen molar-refractivity contribution < 1.29 is 28.6 Å². The molecule has 2 rings (SSSR count). The van der Waals surface area contributed by atoms with Crippen molar-refractivity contribution in [1.29, 1.82) is 0 Å². The van der Waals surface area contributed by atoms with Crippen LogP contribution < -0.4 is 16.4 Å². The van der Waals surface area contributed by atoms with Gasteiger partial charge >= 0.3 is 0 Å². The van der Waals surface area contributed by atoms with E-state index in [2.05, 4.69) is 21.9 Å². The van der Waals surface area contributed by atoms with Gasteiger partial charge in [0.15, 0.2) is 19.1 Å². The molecule has 0 saturated carbocycles. The molecule has 2 aromatic rings. The van der Waals surface area contributed by atoms with E-state index in [4.69, 9.17) is 25.5 Å². The van der Waals surface area contributed by atoms with Gasteiger partial charge in [0.25, 0.3) is 0 Å². The summed E-state index contributed by atoms with van der Waals surface area (Å²) in [6, 6.07) is 0. The first-order chi connectivity index (χ1) is 20.4. The molecule has 0 spiro atoms. The molecule has 0 aliphatic rings. The van der Waals surface area contributed by atoms with Gasteiger partial charge in [-0.1, -0.05) is 103 Å². The maximum Gasteiger partial charge on any atom is 0.224 e. The Morgan fingerprint density at radius 3 is 2.02 bits per heavy atom. The summed E-state index contributed by atoms with van der Waals surface area (Å²) in [5.74, 6) is 0.116. The monoisotopic (exact) mass is 613 g/mol. The second kappa shape index (κ2) is 21.8. The molecular weight excluding hydrogens is 559 g/mol. The fourth-order valence-electron chi connectivity index (χ4n) is 4.82.